The van der Waals surface area contributed by atoms with E-state index in [1.54, 1.807) is 0 Å². The summed E-state index contributed by atoms with van der Waals surface area (Å²) in [6, 6.07) is 82.9. The predicted molar refractivity (Wildman–Crippen MR) is 279 cm³/mol. The first-order valence-electron chi connectivity index (χ1n) is 23.5. The SMILES string of the molecule is c1ccc(-c2nc(-c3ccccc3)nc(-c3ccc4oc5ccc(-c6ccc7c(c6)c6ccccc6n7-c6ccc7c(c6)C6(c8ccccc8-c8ccccc86)c6ccccc6-7)cc5c4c3)n2)cc1. The van der Waals surface area contributed by atoms with Crippen LogP contribution >= 0.6 is 0 Å². The van der Waals surface area contributed by atoms with Crippen LogP contribution in [0.4, 0.5) is 0 Å². The number of hydrogen-bond acceptors (Lipinski definition) is 4. The summed E-state index contributed by atoms with van der Waals surface area (Å²) in [5.41, 5.74) is 20.3. The van der Waals surface area contributed by atoms with Gasteiger partial charge in [-0.3, -0.25) is 0 Å². The molecule has 0 N–H and O–H groups in total. The molecule has 320 valence electrons. The van der Waals surface area contributed by atoms with Gasteiger partial charge in [0.1, 0.15) is 11.2 Å². The van der Waals surface area contributed by atoms with Crippen molar-refractivity contribution in [1.29, 1.82) is 0 Å². The monoisotopic (exact) mass is 878 g/mol. The van der Waals surface area contributed by atoms with Crippen LogP contribution in [0.25, 0.3) is 117 Å². The lowest BCUT2D eigenvalue weighted by atomic mass is 9.70. The lowest BCUT2D eigenvalue weighted by Crippen LogP contribution is -2.26. The number of rotatable bonds is 5. The highest BCUT2D eigenvalue weighted by Gasteiger charge is 2.51. The fraction of sp³-hybridized carbons (Fsp3) is 0.0156. The molecule has 3 heterocycles. The molecule has 0 radical (unpaired) electrons. The minimum atomic E-state index is -0.417. The van der Waals surface area contributed by atoms with Crippen LogP contribution in [0.2, 0.25) is 0 Å². The molecule has 2 aliphatic rings. The molecule has 0 fully saturated rings. The van der Waals surface area contributed by atoms with Gasteiger partial charge in [0.25, 0.3) is 0 Å². The summed E-state index contributed by atoms with van der Waals surface area (Å²) in [4.78, 5) is 15.0. The molecule has 0 bridgehead atoms. The lowest BCUT2D eigenvalue weighted by molar-refractivity contribution is 0.669. The minimum Gasteiger partial charge on any atom is -0.456 e. The first-order chi connectivity index (χ1) is 34.2. The maximum absolute atomic E-state index is 6.47. The molecule has 15 rings (SSSR count). The van der Waals surface area contributed by atoms with E-state index in [9.17, 15) is 0 Å². The van der Waals surface area contributed by atoms with Crippen LogP contribution in [0.5, 0.6) is 0 Å². The van der Waals surface area contributed by atoms with Crippen molar-refractivity contribution in [2.24, 2.45) is 0 Å². The number of furan rings is 1. The number of para-hydroxylation sites is 1. The van der Waals surface area contributed by atoms with Crippen molar-refractivity contribution >= 4 is 43.7 Å². The Bertz CT molecular complexity index is 4140. The third-order valence-corrected chi connectivity index (χ3v) is 14.7. The molecule has 0 saturated carbocycles. The van der Waals surface area contributed by atoms with Gasteiger partial charge in [-0.05, 0) is 116 Å². The van der Waals surface area contributed by atoms with Gasteiger partial charge in [-0.25, -0.2) is 15.0 Å². The number of nitrogens with zero attached hydrogens (tertiary/aromatic N) is 4. The molecule has 13 aromatic rings. The van der Waals surface area contributed by atoms with Gasteiger partial charge in [-0.15, -0.1) is 0 Å². The normalized spacial score (nSPS) is 13.0. The Labute approximate surface area is 397 Å². The molecular weight excluding hydrogens is 841 g/mol. The van der Waals surface area contributed by atoms with E-state index in [0.717, 1.165) is 55.4 Å². The van der Waals surface area contributed by atoms with Crippen molar-refractivity contribution < 1.29 is 4.42 Å². The van der Waals surface area contributed by atoms with Crippen molar-refractivity contribution in [3.8, 4) is 73.2 Å². The minimum absolute atomic E-state index is 0.417. The van der Waals surface area contributed by atoms with Crippen LogP contribution < -0.4 is 0 Å². The summed E-state index contributed by atoms with van der Waals surface area (Å²) < 4.78 is 8.93. The molecule has 0 saturated heterocycles. The summed E-state index contributed by atoms with van der Waals surface area (Å²) in [5, 5.41) is 4.46. The van der Waals surface area contributed by atoms with E-state index in [-0.39, 0.29) is 0 Å². The molecular formula is C64H38N4O. The Hall–Kier alpha value is -9.19. The van der Waals surface area contributed by atoms with Crippen LogP contribution in [0, 0.1) is 0 Å². The highest BCUT2D eigenvalue weighted by atomic mass is 16.3. The second-order valence-corrected chi connectivity index (χ2v) is 18.3. The molecule has 0 amide bonds. The fourth-order valence-electron chi connectivity index (χ4n) is 11.7. The molecule has 0 atom stereocenters. The van der Waals surface area contributed by atoms with Crippen molar-refractivity contribution in [3.63, 3.8) is 0 Å². The lowest BCUT2D eigenvalue weighted by Gasteiger charge is -2.30. The number of benzene rings is 10. The second kappa shape index (κ2) is 14.4. The van der Waals surface area contributed by atoms with E-state index >= 15 is 0 Å². The Morgan fingerprint density at radius 3 is 1.36 bits per heavy atom. The average molecular weight is 879 g/mol. The first kappa shape index (κ1) is 38.0. The summed E-state index contributed by atoms with van der Waals surface area (Å²) in [7, 11) is 0. The maximum atomic E-state index is 6.47. The van der Waals surface area contributed by atoms with Crippen molar-refractivity contribution in [2.75, 3.05) is 0 Å². The van der Waals surface area contributed by atoms with Crippen LogP contribution in [0.1, 0.15) is 22.3 Å². The van der Waals surface area contributed by atoms with Gasteiger partial charge < -0.3 is 8.98 Å². The molecule has 3 aromatic heterocycles. The van der Waals surface area contributed by atoms with Crippen molar-refractivity contribution in [2.45, 2.75) is 5.41 Å². The molecule has 69 heavy (non-hydrogen) atoms. The zero-order valence-corrected chi connectivity index (χ0v) is 37.1. The molecule has 0 unspecified atom stereocenters. The molecule has 2 aliphatic carbocycles. The third kappa shape index (κ3) is 5.44. The van der Waals surface area contributed by atoms with E-state index in [4.69, 9.17) is 19.4 Å². The van der Waals surface area contributed by atoms with Crippen molar-refractivity contribution in [1.82, 2.24) is 19.5 Å². The van der Waals surface area contributed by atoms with Crippen molar-refractivity contribution in [3.05, 3.63) is 253 Å². The molecule has 5 heteroatoms. The summed E-state index contributed by atoms with van der Waals surface area (Å²) in [6.07, 6.45) is 0. The van der Waals surface area contributed by atoms with E-state index in [1.165, 1.54) is 66.3 Å². The van der Waals surface area contributed by atoms with Gasteiger partial charge in [0.05, 0.1) is 16.4 Å². The quantitative estimate of drug-likeness (QED) is 0.173. The molecule has 1 spiro atoms. The van der Waals surface area contributed by atoms with Gasteiger partial charge in [-0.1, -0.05) is 170 Å². The van der Waals surface area contributed by atoms with Gasteiger partial charge >= 0.3 is 0 Å². The predicted octanol–water partition coefficient (Wildman–Crippen LogP) is 15.9. The Morgan fingerprint density at radius 1 is 0.304 bits per heavy atom. The second-order valence-electron chi connectivity index (χ2n) is 18.3. The standard InChI is InChI=1S/C64H38N4O/c1-3-15-39(16-4-1)61-65-62(40-17-5-2-6-18-40)67-63(66-61)43-29-34-60-52(37-43)51-36-42(28-33-59(51)69-60)41-27-32-58-50(35-41)49-22-10-14-26-57(49)68(58)44-30-31-48-47-21-9-13-25-55(47)64(56(48)38-44)53-23-11-7-19-45(53)46-20-8-12-24-54(46)64/h1-38H. The smallest absolute Gasteiger partial charge is 0.164 e. The number of hydrogen-bond donors (Lipinski definition) is 0. The number of aromatic nitrogens is 4. The Kier molecular flexibility index (Phi) is 7.93. The zero-order valence-electron chi connectivity index (χ0n) is 37.1. The molecule has 10 aromatic carbocycles. The van der Waals surface area contributed by atoms with Crippen LogP contribution in [0.15, 0.2) is 235 Å². The van der Waals surface area contributed by atoms with Gasteiger partial charge in [0, 0.05) is 43.9 Å². The van der Waals surface area contributed by atoms with E-state index < -0.39 is 5.41 Å². The molecule has 5 nitrogen and oxygen atoms in total. The fourth-order valence-corrected chi connectivity index (χ4v) is 11.7. The van der Waals surface area contributed by atoms with Gasteiger partial charge in [0.15, 0.2) is 17.5 Å². The van der Waals surface area contributed by atoms with Gasteiger partial charge in [-0.2, -0.15) is 0 Å². The Morgan fingerprint density at radius 2 is 0.754 bits per heavy atom. The number of fused-ring (bicyclic) bond motifs is 16. The highest BCUT2D eigenvalue weighted by Crippen LogP contribution is 2.63. The largest absolute Gasteiger partial charge is 0.456 e. The first-order valence-corrected chi connectivity index (χ1v) is 23.5. The van der Waals surface area contributed by atoms with Crippen LogP contribution in [-0.2, 0) is 5.41 Å². The van der Waals surface area contributed by atoms with Crippen LogP contribution in [-0.4, -0.2) is 19.5 Å². The molecule has 0 aliphatic heterocycles. The average Bonchev–Trinajstić information content (AvgIpc) is 4.14. The highest BCUT2D eigenvalue weighted by molar-refractivity contribution is 6.12. The van der Waals surface area contributed by atoms with Gasteiger partial charge in [0.2, 0.25) is 0 Å². The Balaban J connectivity index is 0.866. The van der Waals surface area contributed by atoms with E-state index in [0.29, 0.717) is 17.5 Å². The van der Waals surface area contributed by atoms with E-state index in [1.807, 2.05) is 72.8 Å². The topological polar surface area (TPSA) is 56.7 Å². The summed E-state index contributed by atoms with van der Waals surface area (Å²) >= 11 is 0. The van der Waals surface area contributed by atoms with Crippen LogP contribution in [0.3, 0.4) is 0 Å². The zero-order chi connectivity index (χ0) is 45.2. The summed E-state index contributed by atoms with van der Waals surface area (Å²) in [6.45, 7) is 0. The summed E-state index contributed by atoms with van der Waals surface area (Å²) in [5.74, 6) is 1.87. The maximum Gasteiger partial charge on any atom is 0.164 e. The van der Waals surface area contributed by atoms with E-state index in [2.05, 4.69) is 162 Å². The third-order valence-electron chi connectivity index (χ3n) is 14.7.